The van der Waals surface area contributed by atoms with E-state index < -0.39 is 17.7 Å². The predicted molar refractivity (Wildman–Crippen MR) is 119 cm³/mol. The van der Waals surface area contributed by atoms with E-state index in [9.17, 15) is 9.59 Å². The summed E-state index contributed by atoms with van der Waals surface area (Å²) in [4.78, 5) is 27.4. The molecule has 158 valence electrons. The summed E-state index contributed by atoms with van der Waals surface area (Å²) in [6.07, 6.45) is 1.04. The van der Waals surface area contributed by atoms with E-state index in [-0.39, 0.29) is 5.56 Å². The van der Waals surface area contributed by atoms with Gasteiger partial charge in [-0.25, -0.2) is 9.59 Å². The van der Waals surface area contributed by atoms with Gasteiger partial charge in [-0.1, -0.05) is 23.2 Å². The second-order valence-corrected chi connectivity index (χ2v) is 9.29. The van der Waals surface area contributed by atoms with Crippen molar-refractivity contribution in [3.8, 4) is 0 Å². The second kappa shape index (κ2) is 8.38. The maximum absolute atomic E-state index is 12.5. The molecule has 2 heterocycles. The van der Waals surface area contributed by atoms with Crippen molar-refractivity contribution in [2.75, 3.05) is 24.5 Å². The minimum atomic E-state index is -0.998. The van der Waals surface area contributed by atoms with Crippen LogP contribution in [0.25, 0.3) is 0 Å². The summed E-state index contributed by atoms with van der Waals surface area (Å²) >= 11 is 15.9. The predicted octanol–water partition coefficient (Wildman–Crippen LogP) is 5.45. The number of anilines is 1. The number of halogens is 3. The van der Waals surface area contributed by atoms with E-state index in [1.807, 2.05) is 6.07 Å². The number of rotatable bonds is 4. The SMILES string of the molecule is O=C(O)c1ccc(N2CC3(CCN(Cc4cc(Br)c(Cl)cc4Cl)CC3)OC2=O)cc1. The molecule has 0 unspecified atom stereocenters. The fourth-order valence-electron chi connectivity index (χ4n) is 3.91. The van der Waals surface area contributed by atoms with Gasteiger partial charge in [0.1, 0.15) is 5.60 Å². The number of ether oxygens (including phenoxy) is 1. The third-order valence-corrected chi connectivity index (χ3v) is 7.20. The average molecular weight is 514 g/mol. The Labute approximate surface area is 192 Å². The first-order chi connectivity index (χ1) is 14.3. The Morgan fingerprint density at radius 1 is 1.13 bits per heavy atom. The zero-order valence-corrected chi connectivity index (χ0v) is 19.0. The molecule has 0 radical (unpaired) electrons. The first-order valence-corrected chi connectivity index (χ1v) is 11.0. The van der Waals surface area contributed by atoms with E-state index in [1.165, 1.54) is 12.1 Å². The molecule has 2 fully saturated rings. The summed E-state index contributed by atoms with van der Waals surface area (Å²) in [6.45, 7) is 2.70. The molecule has 1 N–H and O–H groups in total. The molecule has 2 saturated heterocycles. The van der Waals surface area contributed by atoms with Crippen molar-refractivity contribution in [3.05, 3.63) is 62.0 Å². The first kappa shape index (κ1) is 21.4. The summed E-state index contributed by atoms with van der Waals surface area (Å²) in [5, 5.41) is 10.3. The third-order valence-electron chi connectivity index (χ3n) is 5.65. The van der Waals surface area contributed by atoms with Crippen molar-refractivity contribution >= 4 is 56.9 Å². The quantitative estimate of drug-likeness (QED) is 0.551. The molecule has 6 nitrogen and oxygen atoms in total. The van der Waals surface area contributed by atoms with Crippen molar-refractivity contribution in [2.24, 2.45) is 0 Å². The monoisotopic (exact) mass is 512 g/mol. The lowest BCUT2D eigenvalue weighted by molar-refractivity contribution is -0.000972. The molecular weight excluding hydrogens is 495 g/mol. The van der Waals surface area contributed by atoms with E-state index in [0.717, 1.165) is 36.0 Å². The number of piperidine rings is 1. The van der Waals surface area contributed by atoms with Gasteiger partial charge in [0.15, 0.2) is 0 Å². The third kappa shape index (κ3) is 4.30. The van der Waals surface area contributed by atoms with Gasteiger partial charge in [0, 0.05) is 47.7 Å². The minimum absolute atomic E-state index is 0.182. The number of aromatic carboxylic acids is 1. The standard InChI is InChI=1S/C21H19BrCl2N2O4/c22-16-9-14(17(23)10-18(16)24)11-25-7-5-21(6-8-25)12-26(20(29)30-21)15-3-1-13(2-4-15)19(27)28/h1-4,9-10H,5-8,11-12H2,(H,27,28). The lowest BCUT2D eigenvalue weighted by atomic mass is 9.91. The van der Waals surface area contributed by atoms with Crippen LogP contribution in [-0.2, 0) is 11.3 Å². The van der Waals surface area contributed by atoms with Crippen LogP contribution in [-0.4, -0.2) is 47.3 Å². The van der Waals surface area contributed by atoms with Gasteiger partial charge < -0.3 is 9.84 Å². The largest absolute Gasteiger partial charge is 0.478 e. The van der Waals surface area contributed by atoms with Gasteiger partial charge in [-0.05, 0) is 57.9 Å². The number of carboxylic acid groups (broad SMARTS) is 1. The van der Waals surface area contributed by atoms with Crippen LogP contribution in [0.4, 0.5) is 10.5 Å². The molecule has 2 aromatic carbocycles. The zero-order valence-electron chi connectivity index (χ0n) is 15.9. The minimum Gasteiger partial charge on any atom is -0.478 e. The van der Waals surface area contributed by atoms with Gasteiger partial charge >= 0.3 is 12.1 Å². The van der Waals surface area contributed by atoms with Crippen molar-refractivity contribution in [1.29, 1.82) is 0 Å². The molecule has 4 rings (SSSR count). The molecule has 0 aromatic heterocycles. The number of carbonyl (C=O) groups is 2. The molecule has 0 atom stereocenters. The Morgan fingerprint density at radius 3 is 2.43 bits per heavy atom. The van der Waals surface area contributed by atoms with Crippen LogP contribution in [0.15, 0.2) is 40.9 Å². The van der Waals surface area contributed by atoms with Crippen LogP contribution in [0.3, 0.4) is 0 Å². The van der Waals surface area contributed by atoms with E-state index in [0.29, 0.717) is 28.8 Å². The number of hydrogen-bond acceptors (Lipinski definition) is 4. The van der Waals surface area contributed by atoms with Gasteiger partial charge in [-0.15, -0.1) is 0 Å². The molecule has 0 bridgehead atoms. The molecule has 2 aliphatic rings. The number of carbonyl (C=O) groups excluding carboxylic acids is 1. The van der Waals surface area contributed by atoms with Crippen molar-refractivity contribution in [1.82, 2.24) is 4.90 Å². The maximum Gasteiger partial charge on any atom is 0.415 e. The molecule has 2 aromatic rings. The molecule has 2 aliphatic heterocycles. The highest BCUT2D eigenvalue weighted by Crippen LogP contribution is 2.37. The van der Waals surface area contributed by atoms with E-state index in [1.54, 1.807) is 23.1 Å². The van der Waals surface area contributed by atoms with Crippen LogP contribution in [0.5, 0.6) is 0 Å². The van der Waals surface area contributed by atoms with Gasteiger partial charge in [0.2, 0.25) is 0 Å². The van der Waals surface area contributed by atoms with E-state index in [2.05, 4.69) is 20.8 Å². The Morgan fingerprint density at radius 2 is 1.80 bits per heavy atom. The molecule has 1 spiro atoms. The Hall–Kier alpha value is -1.80. The second-order valence-electron chi connectivity index (χ2n) is 7.62. The summed E-state index contributed by atoms with van der Waals surface area (Å²) in [6, 6.07) is 9.94. The van der Waals surface area contributed by atoms with Gasteiger partial charge in [-0.3, -0.25) is 9.80 Å². The maximum atomic E-state index is 12.5. The Balaban J connectivity index is 1.40. The fourth-order valence-corrected chi connectivity index (χ4v) is 4.74. The number of likely N-dealkylation sites (tertiary alicyclic amines) is 1. The zero-order chi connectivity index (χ0) is 21.5. The van der Waals surface area contributed by atoms with Crippen LogP contribution in [0.1, 0.15) is 28.8 Å². The molecule has 1 amide bonds. The molecule has 9 heteroatoms. The number of hydrogen-bond donors (Lipinski definition) is 1. The summed E-state index contributed by atoms with van der Waals surface area (Å²) in [5.74, 6) is -0.998. The fraction of sp³-hybridized carbons (Fsp3) is 0.333. The van der Waals surface area contributed by atoms with Crippen LogP contribution >= 0.6 is 39.1 Å². The topological polar surface area (TPSA) is 70.1 Å². The van der Waals surface area contributed by atoms with Gasteiger partial charge in [0.05, 0.1) is 17.1 Å². The Kier molecular flexibility index (Phi) is 5.99. The number of carboxylic acids is 1. The highest BCUT2D eigenvalue weighted by Gasteiger charge is 2.47. The number of nitrogens with zero attached hydrogens (tertiary/aromatic N) is 2. The van der Waals surface area contributed by atoms with Crippen molar-refractivity contribution in [2.45, 2.75) is 25.0 Å². The molecule has 30 heavy (non-hydrogen) atoms. The smallest absolute Gasteiger partial charge is 0.415 e. The van der Waals surface area contributed by atoms with Crippen molar-refractivity contribution < 1.29 is 19.4 Å². The summed E-state index contributed by atoms with van der Waals surface area (Å²) < 4.78 is 6.60. The normalized spacial score (nSPS) is 18.6. The number of benzene rings is 2. The van der Waals surface area contributed by atoms with Crippen LogP contribution in [0, 0.1) is 0 Å². The summed E-state index contributed by atoms with van der Waals surface area (Å²) in [5.41, 5.74) is 1.29. The van der Waals surface area contributed by atoms with Crippen molar-refractivity contribution in [3.63, 3.8) is 0 Å². The van der Waals surface area contributed by atoms with Crippen LogP contribution < -0.4 is 4.90 Å². The Bertz CT molecular complexity index is 991. The van der Waals surface area contributed by atoms with E-state index >= 15 is 0 Å². The lowest BCUT2D eigenvalue weighted by Crippen LogP contribution is -2.46. The summed E-state index contributed by atoms with van der Waals surface area (Å²) in [7, 11) is 0. The van der Waals surface area contributed by atoms with E-state index in [4.69, 9.17) is 33.0 Å². The highest BCUT2D eigenvalue weighted by molar-refractivity contribution is 9.10. The lowest BCUT2D eigenvalue weighted by Gasteiger charge is -2.37. The molecular formula is C21H19BrCl2N2O4. The van der Waals surface area contributed by atoms with Crippen LogP contribution in [0.2, 0.25) is 10.0 Å². The first-order valence-electron chi connectivity index (χ1n) is 9.46. The average Bonchev–Trinajstić information content (AvgIpc) is 3.04. The number of amides is 1. The highest BCUT2D eigenvalue weighted by atomic mass is 79.9. The van der Waals surface area contributed by atoms with Gasteiger partial charge in [0.25, 0.3) is 0 Å². The molecule has 0 aliphatic carbocycles. The van der Waals surface area contributed by atoms with Gasteiger partial charge in [-0.2, -0.15) is 0 Å². The molecule has 0 saturated carbocycles.